The van der Waals surface area contributed by atoms with Crippen molar-refractivity contribution in [3.63, 3.8) is 0 Å². The van der Waals surface area contributed by atoms with Crippen LogP contribution >= 0.6 is 22.9 Å². The van der Waals surface area contributed by atoms with Gasteiger partial charge in [-0.05, 0) is 31.2 Å². The zero-order chi connectivity index (χ0) is 15.2. The fourth-order valence-corrected chi connectivity index (χ4v) is 3.41. The number of thiophene rings is 1. The number of benzene rings is 1. The predicted octanol–water partition coefficient (Wildman–Crippen LogP) is 4.67. The average Bonchev–Trinajstić information content (AvgIpc) is 2.85. The lowest BCUT2D eigenvalue weighted by Crippen LogP contribution is -2.25. The molecule has 4 heteroatoms. The summed E-state index contributed by atoms with van der Waals surface area (Å²) in [5.41, 5.74) is 2.07. The summed E-state index contributed by atoms with van der Waals surface area (Å²) in [6, 6.07) is 11.9. The quantitative estimate of drug-likeness (QED) is 0.691. The largest absolute Gasteiger partial charge is 0.294 e. The molecule has 0 N–H and O–H groups in total. The maximum Gasteiger partial charge on any atom is 0.176 e. The molecule has 1 aromatic heterocycles. The number of hydrogen-bond donors (Lipinski definition) is 0. The second-order valence-corrected chi connectivity index (χ2v) is 7.05. The minimum Gasteiger partial charge on any atom is -0.294 e. The molecule has 0 saturated heterocycles. The van der Waals surface area contributed by atoms with Gasteiger partial charge in [-0.3, -0.25) is 9.69 Å². The number of rotatable bonds is 7. The van der Waals surface area contributed by atoms with Gasteiger partial charge in [-0.15, -0.1) is 11.3 Å². The molecule has 0 bridgehead atoms. The smallest absolute Gasteiger partial charge is 0.176 e. The number of nitrogens with zero attached hydrogens (tertiary/aromatic N) is 1. The zero-order valence-electron chi connectivity index (χ0n) is 12.4. The van der Waals surface area contributed by atoms with E-state index >= 15 is 0 Å². The van der Waals surface area contributed by atoms with Gasteiger partial charge in [0.05, 0.1) is 10.9 Å². The number of carbonyl (C=O) groups excluding carboxylic acids is 1. The Morgan fingerprint density at radius 1 is 1.19 bits per heavy atom. The van der Waals surface area contributed by atoms with Crippen LogP contribution in [0.15, 0.2) is 36.4 Å². The van der Waals surface area contributed by atoms with Gasteiger partial charge >= 0.3 is 0 Å². The molecule has 2 rings (SSSR count). The van der Waals surface area contributed by atoms with Gasteiger partial charge in [0, 0.05) is 17.0 Å². The van der Waals surface area contributed by atoms with Gasteiger partial charge in [0.1, 0.15) is 0 Å². The topological polar surface area (TPSA) is 20.3 Å². The Morgan fingerprint density at radius 2 is 1.90 bits per heavy atom. The SMILES string of the molecule is CCCc1ccc(C(=O)CN(C)Cc2ccc(Cl)s2)cc1. The summed E-state index contributed by atoms with van der Waals surface area (Å²) < 4.78 is 0.788. The third-order valence-electron chi connectivity index (χ3n) is 3.28. The van der Waals surface area contributed by atoms with E-state index < -0.39 is 0 Å². The molecule has 2 aromatic rings. The van der Waals surface area contributed by atoms with Crippen molar-refractivity contribution in [2.24, 2.45) is 0 Å². The second-order valence-electron chi connectivity index (χ2n) is 5.25. The molecule has 0 fully saturated rings. The van der Waals surface area contributed by atoms with Gasteiger partial charge in [-0.2, -0.15) is 0 Å². The Kier molecular flexibility index (Phi) is 5.97. The molecule has 2 nitrogen and oxygen atoms in total. The Morgan fingerprint density at radius 3 is 2.48 bits per heavy atom. The molecule has 0 aliphatic heterocycles. The Bertz CT molecular complexity index is 591. The molecule has 0 unspecified atom stereocenters. The van der Waals surface area contributed by atoms with E-state index in [0.29, 0.717) is 6.54 Å². The van der Waals surface area contributed by atoms with E-state index in [-0.39, 0.29) is 5.78 Å². The molecule has 0 saturated carbocycles. The summed E-state index contributed by atoms with van der Waals surface area (Å²) in [4.78, 5) is 15.4. The standard InChI is InChI=1S/C17H20ClNOS/c1-3-4-13-5-7-14(8-6-13)16(20)12-19(2)11-15-9-10-17(18)21-15/h5-10H,3-4,11-12H2,1-2H3. The van der Waals surface area contributed by atoms with Crippen LogP contribution in [0.2, 0.25) is 4.34 Å². The van der Waals surface area contributed by atoms with Crippen LogP contribution in [0.4, 0.5) is 0 Å². The van der Waals surface area contributed by atoms with Crippen LogP contribution < -0.4 is 0 Å². The van der Waals surface area contributed by atoms with Crippen molar-refractivity contribution < 1.29 is 4.79 Å². The molecule has 112 valence electrons. The highest BCUT2D eigenvalue weighted by Crippen LogP contribution is 2.22. The molecule has 0 aliphatic carbocycles. The lowest BCUT2D eigenvalue weighted by molar-refractivity contribution is 0.0943. The lowest BCUT2D eigenvalue weighted by Gasteiger charge is -2.14. The van der Waals surface area contributed by atoms with E-state index in [1.54, 1.807) is 11.3 Å². The molecule has 0 atom stereocenters. The Hall–Kier alpha value is -1.16. The highest BCUT2D eigenvalue weighted by molar-refractivity contribution is 7.16. The van der Waals surface area contributed by atoms with Crippen LogP contribution in [0.25, 0.3) is 0 Å². The first-order valence-corrected chi connectivity index (χ1v) is 8.33. The Labute approximate surface area is 135 Å². The summed E-state index contributed by atoms with van der Waals surface area (Å²) >= 11 is 7.48. The maximum atomic E-state index is 12.3. The Balaban J connectivity index is 1.90. The summed E-state index contributed by atoms with van der Waals surface area (Å²) in [5, 5.41) is 0. The molecule has 0 radical (unpaired) electrons. The molecular weight excluding hydrogens is 302 g/mol. The number of aryl methyl sites for hydroxylation is 1. The van der Waals surface area contributed by atoms with Crippen LogP contribution in [0.3, 0.4) is 0 Å². The normalized spacial score (nSPS) is 11.0. The summed E-state index contributed by atoms with van der Waals surface area (Å²) in [6.07, 6.45) is 2.19. The highest BCUT2D eigenvalue weighted by Gasteiger charge is 2.10. The fraction of sp³-hybridized carbons (Fsp3) is 0.353. The molecule has 0 aliphatic rings. The number of Topliss-reactive ketones (excluding diaryl/α,β-unsaturated/α-hetero) is 1. The van der Waals surface area contributed by atoms with Crippen molar-refractivity contribution in [1.82, 2.24) is 4.90 Å². The number of carbonyl (C=O) groups is 1. The van der Waals surface area contributed by atoms with Crippen molar-refractivity contribution in [3.05, 3.63) is 56.7 Å². The number of ketones is 1. The minimum atomic E-state index is 0.156. The van der Waals surface area contributed by atoms with E-state index in [0.717, 1.165) is 29.3 Å². The number of likely N-dealkylation sites (N-methyl/N-ethyl adjacent to an activating group) is 1. The van der Waals surface area contributed by atoms with E-state index in [4.69, 9.17) is 11.6 Å². The average molecular weight is 322 g/mol. The molecule has 1 heterocycles. The molecule has 1 aromatic carbocycles. The van der Waals surface area contributed by atoms with Crippen molar-refractivity contribution in [2.75, 3.05) is 13.6 Å². The van der Waals surface area contributed by atoms with Crippen LogP contribution in [-0.4, -0.2) is 24.3 Å². The van der Waals surface area contributed by atoms with Crippen molar-refractivity contribution in [3.8, 4) is 0 Å². The summed E-state index contributed by atoms with van der Waals surface area (Å²) in [6.45, 7) is 3.32. The first kappa shape index (κ1) is 16.2. The lowest BCUT2D eigenvalue weighted by atomic mass is 10.1. The van der Waals surface area contributed by atoms with E-state index in [9.17, 15) is 4.79 Å². The fourth-order valence-electron chi connectivity index (χ4n) is 2.24. The maximum absolute atomic E-state index is 12.3. The van der Waals surface area contributed by atoms with E-state index in [1.807, 2.05) is 36.2 Å². The van der Waals surface area contributed by atoms with Crippen LogP contribution in [0, 0.1) is 0 Å². The van der Waals surface area contributed by atoms with Gasteiger partial charge in [0.25, 0.3) is 0 Å². The minimum absolute atomic E-state index is 0.156. The molecular formula is C17H20ClNOS. The number of halogens is 1. The molecule has 0 spiro atoms. The van der Waals surface area contributed by atoms with Crippen molar-refractivity contribution in [2.45, 2.75) is 26.3 Å². The summed E-state index contributed by atoms with van der Waals surface area (Å²) in [5.74, 6) is 0.156. The first-order valence-electron chi connectivity index (χ1n) is 7.13. The van der Waals surface area contributed by atoms with Crippen molar-refractivity contribution in [1.29, 1.82) is 0 Å². The van der Waals surface area contributed by atoms with Gasteiger partial charge in [0.2, 0.25) is 0 Å². The molecule has 21 heavy (non-hydrogen) atoms. The third-order valence-corrected chi connectivity index (χ3v) is 4.50. The van der Waals surface area contributed by atoms with Crippen LogP contribution in [0.1, 0.15) is 34.1 Å². The molecule has 0 amide bonds. The first-order chi connectivity index (χ1) is 10.1. The third kappa shape index (κ3) is 4.95. The van der Waals surface area contributed by atoms with Crippen LogP contribution in [0.5, 0.6) is 0 Å². The second kappa shape index (κ2) is 7.74. The monoisotopic (exact) mass is 321 g/mol. The van der Waals surface area contributed by atoms with Gasteiger partial charge < -0.3 is 0 Å². The van der Waals surface area contributed by atoms with E-state index in [2.05, 4.69) is 19.1 Å². The predicted molar refractivity (Wildman–Crippen MR) is 90.4 cm³/mol. The van der Waals surface area contributed by atoms with Gasteiger partial charge in [0.15, 0.2) is 5.78 Å². The zero-order valence-corrected chi connectivity index (χ0v) is 14.0. The van der Waals surface area contributed by atoms with E-state index in [1.165, 1.54) is 10.4 Å². The van der Waals surface area contributed by atoms with Crippen molar-refractivity contribution >= 4 is 28.7 Å². The highest BCUT2D eigenvalue weighted by atomic mass is 35.5. The number of hydrogen-bond acceptors (Lipinski definition) is 3. The van der Waals surface area contributed by atoms with Gasteiger partial charge in [-0.1, -0.05) is 49.2 Å². The van der Waals surface area contributed by atoms with Gasteiger partial charge in [-0.25, -0.2) is 0 Å². The summed E-state index contributed by atoms with van der Waals surface area (Å²) in [7, 11) is 1.96. The van der Waals surface area contributed by atoms with Crippen LogP contribution in [-0.2, 0) is 13.0 Å².